The molecule has 43 heavy (non-hydrogen) atoms. The van der Waals surface area contributed by atoms with Crippen LogP contribution < -0.4 is 26.4 Å². The molecule has 1 heterocycles. The number of hydrogen-bond acceptors (Lipinski definition) is 7. The molecule has 0 bridgehead atoms. The van der Waals surface area contributed by atoms with Crippen molar-refractivity contribution in [2.45, 2.75) is 76.8 Å². The molecule has 240 valence electrons. The van der Waals surface area contributed by atoms with Crippen LogP contribution in [0.4, 0.5) is 4.79 Å². The normalized spacial score (nSPS) is 17.0. The summed E-state index contributed by atoms with van der Waals surface area (Å²) in [5.41, 5.74) is 6.41. The van der Waals surface area contributed by atoms with Gasteiger partial charge >= 0.3 is 12.1 Å². The fourth-order valence-corrected chi connectivity index (χ4v) is 5.61. The van der Waals surface area contributed by atoms with E-state index in [2.05, 4.69) is 54.9 Å². The highest BCUT2D eigenvalue weighted by molar-refractivity contribution is 5.96. The number of carboxylic acid groups (broad SMARTS) is 1. The summed E-state index contributed by atoms with van der Waals surface area (Å²) in [7, 11) is 4.12. The van der Waals surface area contributed by atoms with Crippen molar-refractivity contribution in [3.8, 4) is 5.75 Å². The average Bonchev–Trinajstić information content (AvgIpc) is 2.93. The second kappa shape index (κ2) is 17.9. The first kappa shape index (κ1) is 35.3. The number of carboxylic acids is 1. The van der Waals surface area contributed by atoms with Crippen molar-refractivity contribution in [1.29, 1.82) is 5.41 Å². The van der Waals surface area contributed by atoms with Crippen LogP contribution in [0.2, 0.25) is 0 Å². The lowest BCUT2D eigenvalue weighted by molar-refractivity contribution is -0.141. The van der Waals surface area contributed by atoms with Crippen LogP contribution in [-0.2, 0) is 14.4 Å². The fraction of sp³-hybridized carbons (Fsp3) is 0.633. The lowest BCUT2D eigenvalue weighted by atomic mass is 9.85. The summed E-state index contributed by atoms with van der Waals surface area (Å²) in [4.78, 5) is 53.2. The highest BCUT2D eigenvalue weighted by Gasteiger charge is 2.30. The Labute approximate surface area is 254 Å². The molecule has 7 N–H and O–H groups in total. The summed E-state index contributed by atoms with van der Waals surface area (Å²) in [6.45, 7) is 6.29. The molecule has 1 fully saturated rings. The number of guanidine groups is 1. The molecule has 0 radical (unpaired) electrons. The Morgan fingerprint density at radius 2 is 1.95 bits per heavy atom. The van der Waals surface area contributed by atoms with Crippen molar-refractivity contribution >= 4 is 29.8 Å². The zero-order chi connectivity index (χ0) is 31.9. The Morgan fingerprint density at radius 1 is 1.21 bits per heavy atom. The van der Waals surface area contributed by atoms with E-state index in [-0.39, 0.29) is 25.0 Å². The summed E-state index contributed by atoms with van der Waals surface area (Å²) in [6.07, 6.45) is 2.71. The molecule has 0 aromatic heterocycles. The van der Waals surface area contributed by atoms with E-state index in [1.54, 1.807) is 11.0 Å². The van der Waals surface area contributed by atoms with Gasteiger partial charge in [-0.3, -0.25) is 19.8 Å². The van der Waals surface area contributed by atoms with Crippen LogP contribution in [0.1, 0.15) is 70.3 Å². The maximum absolute atomic E-state index is 13.3. The molecule has 0 saturated carbocycles. The SMILES string of the molecule is CC[C@@H](c1cccc(OC(=O)N2CCCCC2CNC(=O)[C@@H](CCCNC(=N)N)NC(=O)CC(=O)O)c1)[C@@H](C)CN(C)C. The summed E-state index contributed by atoms with van der Waals surface area (Å²) in [5.74, 6) is -1.55. The Kier molecular flexibility index (Phi) is 14.7. The molecular weight excluding hydrogens is 554 g/mol. The van der Waals surface area contributed by atoms with Gasteiger partial charge in [-0.25, -0.2) is 4.79 Å². The number of nitrogens with zero attached hydrogens (tertiary/aromatic N) is 2. The van der Waals surface area contributed by atoms with E-state index in [4.69, 9.17) is 21.0 Å². The Hall–Kier alpha value is -3.87. The Morgan fingerprint density at radius 3 is 2.60 bits per heavy atom. The standard InChI is InChI=1S/C30H49N7O6/c1-5-24(20(2)19-36(3)4)21-10-8-12-23(16-21)43-30(42)37-15-7-6-11-22(37)18-34-28(41)25(13-9-14-33-29(31)32)35-26(38)17-27(39)40/h8,10,12,16,20,22,24-25H,5-7,9,11,13-15,17-19H2,1-4H3,(H,34,41)(H,35,38)(H,39,40)(H4,31,32,33)/t20-,22?,24+,25+/m0/s1. The molecule has 1 aromatic carbocycles. The van der Waals surface area contributed by atoms with Crippen molar-refractivity contribution in [3.05, 3.63) is 29.8 Å². The van der Waals surface area contributed by atoms with Crippen LogP contribution in [0.15, 0.2) is 24.3 Å². The van der Waals surface area contributed by atoms with Crippen LogP contribution in [0, 0.1) is 11.3 Å². The average molecular weight is 604 g/mol. The first-order chi connectivity index (χ1) is 20.4. The van der Waals surface area contributed by atoms with E-state index >= 15 is 0 Å². The molecule has 13 heteroatoms. The predicted molar refractivity (Wildman–Crippen MR) is 164 cm³/mol. The number of nitrogens with two attached hydrogens (primary N) is 1. The third kappa shape index (κ3) is 12.5. The first-order valence-corrected chi connectivity index (χ1v) is 15.0. The van der Waals surface area contributed by atoms with Crippen LogP contribution >= 0.6 is 0 Å². The van der Waals surface area contributed by atoms with Crippen molar-refractivity contribution in [1.82, 2.24) is 25.8 Å². The Bertz CT molecular complexity index is 1100. The minimum absolute atomic E-state index is 0.158. The summed E-state index contributed by atoms with van der Waals surface area (Å²) in [6, 6.07) is 6.40. The van der Waals surface area contributed by atoms with Crippen molar-refractivity contribution in [2.24, 2.45) is 11.7 Å². The lowest BCUT2D eigenvalue weighted by Crippen LogP contribution is -2.53. The van der Waals surface area contributed by atoms with E-state index in [0.29, 0.717) is 43.5 Å². The van der Waals surface area contributed by atoms with Gasteiger partial charge in [-0.05, 0) is 82.2 Å². The van der Waals surface area contributed by atoms with Gasteiger partial charge in [0.2, 0.25) is 11.8 Å². The smallest absolute Gasteiger partial charge is 0.415 e. The highest BCUT2D eigenvalue weighted by Crippen LogP contribution is 2.31. The number of aliphatic carboxylic acids is 1. The first-order valence-electron chi connectivity index (χ1n) is 15.0. The van der Waals surface area contributed by atoms with Crippen LogP contribution in [-0.4, -0.2) is 97.1 Å². The van der Waals surface area contributed by atoms with Gasteiger partial charge in [0.1, 0.15) is 18.2 Å². The van der Waals surface area contributed by atoms with Gasteiger partial charge in [0.15, 0.2) is 5.96 Å². The number of carbonyl (C=O) groups is 4. The number of benzene rings is 1. The molecule has 1 aliphatic rings. The van der Waals surface area contributed by atoms with E-state index in [0.717, 1.165) is 31.4 Å². The zero-order valence-electron chi connectivity index (χ0n) is 25.9. The topological polar surface area (TPSA) is 190 Å². The summed E-state index contributed by atoms with van der Waals surface area (Å²) in [5, 5.41) is 24.1. The van der Waals surface area contributed by atoms with Gasteiger partial charge in [-0.1, -0.05) is 26.0 Å². The molecule has 4 atom stereocenters. The van der Waals surface area contributed by atoms with E-state index < -0.39 is 36.3 Å². The monoisotopic (exact) mass is 603 g/mol. The molecule has 1 aliphatic heterocycles. The predicted octanol–water partition coefficient (Wildman–Crippen LogP) is 2.07. The molecule has 2 rings (SSSR count). The molecule has 13 nitrogen and oxygen atoms in total. The number of likely N-dealkylation sites (tertiary alicyclic amines) is 1. The summed E-state index contributed by atoms with van der Waals surface area (Å²) < 4.78 is 5.83. The van der Waals surface area contributed by atoms with Crippen molar-refractivity contribution in [2.75, 3.05) is 40.3 Å². The second-order valence-electron chi connectivity index (χ2n) is 11.5. The van der Waals surface area contributed by atoms with Gasteiger partial charge in [0.05, 0.1) is 6.04 Å². The minimum Gasteiger partial charge on any atom is -0.481 e. The zero-order valence-corrected chi connectivity index (χ0v) is 25.9. The van der Waals surface area contributed by atoms with Gasteiger partial charge in [-0.2, -0.15) is 0 Å². The Balaban J connectivity index is 2.05. The van der Waals surface area contributed by atoms with Crippen LogP contribution in [0.25, 0.3) is 0 Å². The molecule has 1 unspecified atom stereocenters. The second-order valence-corrected chi connectivity index (χ2v) is 11.5. The highest BCUT2D eigenvalue weighted by atomic mass is 16.6. The van der Waals surface area contributed by atoms with E-state index in [1.807, 2.05) is 12.1 Å². The lowest BCUT2D eigenvalue weighted by Gasteiger charge is -2.35. The quantitative estimate of drug-likeness (QED) is 0.0711. The van der Waals surface area contributed by atoms with Gasteiger partial charge in [-0.15, -0.1) is 0 Å². The van der Waals surface area contributed by atoms with Gasteiger partial charge in [0, 0.05) is 26.2 Å². The third-order valence-electron chi connectivity index (χ3n) is 7.59. The number of nitrogens with one attached hydrogen (secondary N) is 4. The number of hydrogen-bond donors (Lipinski definition) is 6. The number of piperidine rings is 1. The maximum Gasteiger partial charge on any atom is 0.415 e. The number of rotatable bonds is 16. The summed E-state index contributed by atoms with van der Waals surface area (Å²) >= 11 is 0. The van der Waals surface area contributed by atoms with Gasteiger partial charge < -0.3 is 41.3 Å². The van der Waals surface area contributed by atoms with Crippen molar-refractivity contribution in [3.63, 3.8) is 0 Å². The maximum atomic E-state index is 13.3. The fourth-order valence-electron chi connectivity index (χ4n) is 5.61. The van der Waals surface area contributed by atoms with E-state index in [1.165, 1.54) is 0 Å². The molecular formula is C30H49N7O6. The molecule has 1 saturated heterocycles. The van der Waals surface area contributed by atoms with Gasteiger partial charge in [0.25, 0.3) is 0 Å². The molecule has 0 spiro atoms. The molecule has 1 aromatic rings. The van der Waals surface area contributed by atoms with Crippen LogP contribution in [0.5, 0.6) is 5.75 Å². The van der Waals surface area contributed by atoms with Crippen molar-refractivity contribution < 1.29 is 29.0 Å². The minimum atomic E-state index is -1.30. The molecule has 0 aliphatic carbocycles. The van der Waals surface area contributed by atoms with E-state index in [9.17, 15) is 19.2 Å². The number of carbonyl (C=O) groups excluding carboxylic acids is 3. The number of amides is 3. The molecule has 3 amide bonds. The number of ether oxygens (including phenoxy) is 1. The van der Waals surface area contributed by atoms with Crippen LogP contribution in [0.3, 0.4) is 0 Å². The largest absolute Gasteiger partial charge is 0.481 e. The third-order valence-corrected chi connectivity index (χ3v) is 7.59.